The molecule has 3 N–H and O–H groups in total. The van der Waals surface area contributed by atoms with Crippen LogP contribution in [0.1, 0.15) is 11.1 Å². The van der Waals surface area contributed by atoms with Crippen LogP contribution in [0.15, 0.2) is 12.1 Å². The van der Waals surface area contributed by atoms with Crippen molar-refractivity contribution in [2.45, 2.75) is 13.5 Å². The van der Waals surface area contributed by atoms with Crippen LogP contribution in [0.25, 0.3) is 0 Å². The van der Waals surface area contributed by atoms with Gasteiger partial charge in [0.25, 0.3) is 0 Å². The van der Waals surface area contributed by atoms with Gasteiger partial charge in [0.2, 0.25) is 0 Å². The van der Waals surface area contributed by atoms with Crippen LogP contribution in [0.4, 0.5) is 0 Å². The van der Waals surface area contributed by atoms with Crippen LogP contribution < -0.4 is 10.5 Å². The smallest absolute Gasteiger partial charge is 0.160 e. The Bertz CT molecular complexity index is 254. The lowest BCUT2D eigenvalue weighted by molar-refractivity contribution is 0.372. The fourth-order valence-electron chi connectivity index (χ4n) is 1.10. The van der Waals surface area contributed by atoms with Crippen molar-refractivity contribution in [1.29, 1.82) is 0 Å². The average Bonchev–Trinajstić information content (AvgIpc) is 2.08. The van der Waals surface area contributed by atoms with Crippen LogP contribution in [0.2, 0.25) is 0 Å². The standard InChI is InChI=1S/C9H13NO2/c1-6-3-9(12-2)8(11)4-7(6)5-10/h3-4,11H,5,10H2,1-2H3. The van der Waals surface area contributed by atoms with Crippen LogP contribution in [0, 0.1) is 6.92 Å². The highest BCUT2D eigenvalue weighted by Crippen LogP contribution is 2.28. The number of methoxy groups -OCH3 is 1. The van der Waals surface area contributed by atoms with E-state index in [0.29, 0.717) is 12.3 Å². The molecule has 0 saturated carbocycles. The molecule has 0 amide bonds. The summed E-state index contributed by atoms with van der Waals surface area (Å²) in [5, 5.41) is 9.37. The van der Waals surface area contributed by atoms with Crippen molar-refractivity contribution in [3.8, 4) is 11.5 Å². The molecule has 1 rings (SSSR count). The maximum atomic E-state index is 9.37. The van der Waals surface area contributed by atoms with Crippen LogP contribution in [0.3, 0.4) is 0 Å². The Labute approximate surface area is 71.8 Å². The van der Waals surface area contributed by atoms with Gasteiger partial charge in [0.1, 0.15) is 0 Å². The normalized spacial score (nSPS) is 9.92. The molecule has 0 spiro atoms. The molecule has 0 unspecified atom stereocenters. The number of aromatic hydroxyl groups is 1. The molecular weight excluding hydrogens is 154 g/mol. The van der Waals surface area contributed by atoms with Gasteiger partial charge < -0.3 is 15.6 Å². The van der Waals surface area contributed by atoms with Gasteiger partial charge in [-0.05, 0) is 30.2 Å². The molecule has 0 aliphatic heterocycles. The molecule has 0 aliphatic rings. The Morgan fingerprint density at radius 2 is 2.17 bits per heavy atom. The number of ether oxygens (including phenoxy) is 1. The van der Waals surface area contributed by atoms with Crippen molar-refractivity contribution in [3.05, 3.63) is 23.3 Å². The summed E-state index contributed by atoms with van der Waals surface area (Å²) in [4.78, 5) is 0. The van der Waals surface area contributed by atoms with E-state index in [1.807, 2.05) is 6.92 Å². The lowest BCUT2D eigenvalue weighted by Crippen LogP contribution is -1.99. The third-order valence-electron chi connectivity index (χ3n) is 1.86. The number of phenolic OH excluding ortho intramolecular Hbond substituents is 1. The van der Waals surface area contributed by atoms with E-state index in [4.69, 9.17) is 10.5 Å². The minimum Gasteiger partial charge on any atom is -0.504 e. The van der Waals surface area contributed by atoms with Crippen molar-refractivity contribution < 1.29 is 9.84 Å². The van der Waals surface area contributed by atoms with Gasteiger partial charge >= 0.3 is 0 Å². The second-order valence-electron chi connectivity index (χ2n) is 2.65. The lowest BCUT2D eigenvalue weighted by Gasteiger charge is -2.07. The largest absolute Gasteiger partial charge is 0.504 e. The second kappa shape index (κ2) is 3.45. The van der Waals surface area contributed by atoms with E-state index in [2.05, 4.69) is 0 Å². The predicted molar refractivity (Wildman–Crippen MR) is 47.3 cm³/mol. The number of aryl methyl sites for hydroxylation is 1. The van der Waals surface area contributed by atoms with E-state index in [0.717, 1.165) is 11.1 Å². The van der Waals surface area contributed by atoms with Gasteiger partial charge in [-0.1, -0.05) is 0 Å². The predicted octanol–water partition coefficient (Wildman–Crippen LogP) is 1.17. The number of phenols is 1. The van der Waals surface area contributed by atoms with Crippen LogP contribution in [-0.4, -0.2) is 12.2 Å². The summed E-state index contributed by atoms with van der Waals surface area (Å²) >= 11 is 0. The average molecular weight is 167 g/mol. The zero-order valence-electron chi connectivity index (χ0n) is 7.29. The summed E-state index contributed by atoms with van der Waals surface area (Å²) in [6, 6.07) is 3.41. The lowest BCUT2D eigenvalue weighted by atomic mass is 10.1. The number of hydrogen-bond acceptors (Lipinski definition) is 3. The Morgan fingerprint density at radius 1 is 1.50 bits per heavy atom. The molecule has 1 aromatic rings. The molecule has 66 valence electrons. The minimum absolute atomic E-state index is 0.142. The molecule has 0 aliphatic carbocycles. The molecule has 0 aromatic heterocycles. The molecule has 0 heterocycles. The first-order chi connectivity index (χ1) is 5.69. The molecule has 3 nitrogen and oxygen atoms in total. The fraction of sp³-hybridized carbons (Fsp3) is 0.333. The highest BCUT2D eigenvalue weighted by molar-refractivity contribution is 5.45. The number of rotatable bonds is 2. The van der Waals surface area contributed by atoms with E-state index in [1.54, 1.807) is 12.1 Å². The van der Waals surface area contributed by atoms with E-state index in [1.165, 1.54) is 7.11 Å². The summed E-state index contributed by atoms with van der Waals surface area (Å²) in [5.41, 5.74) is 7.43. The van der Waals surface area contributed by atoms with Gasteiger partial charge in [0.05, 0.1) is 7.11 Å². The van der Waals surface area contributed by atoms with Gasteiger partial charge in [-0.2, -0.15) is 0 Å². The molecule has 12 heavy (non-hydrogen) atoms. The van der Waals surface area contributed by atoms with Gasteiger partial charge in [0, 0.05) is 6.54 Å². The zero-order chi connectivity index (χ0) is 9.14. The summed E-state index contributed by atoms with van der Waals surface area (Å²) < 4.78 is 4.93. The van der Waals surface area contributed by atoms with Crippen molar-refractivity contribution in [1.82, 2.24) is 0 Å². The summed E-state index contributed by atoms with van der Waals surface area (Å²) in [7, 11) is 1.52. The van der Waals surface area contributed by atoms with Crippen molar-refractivity contribution in [2.75, 3.05) is 7.11 Å². The van der Waals surface area contributed by atoms with Crippen LogP contribution in [0.5, 0.6) is 11.5 Å². The molecule has 0 saturated heterocycles. The van der Waals surface area contributed by atoms with Gasteiger partial charge in [-0.3, -0.25) is 0 Å². The second-order valence-corrected chi connectivity index (χ2v) is 2.65. The van der Waals surface area contributed by atoms with Gasteiger partial charge in [-0.25, -0.2) is 0 Å². The van der Waals surface area contributed by atoms with Gasteiger partial charge in [-0.15, -0.1) is 0 Å². The SMILES string of the molecule is COc1cc(C)c(CN)cc1O. The number of hydrogen-bond donors (Lipinski definition) is 2. The molecule has 0 atom stereocenters. The maximum absolute atomic E-state index is 9.37. The Kier molecular flexibility index (Phi) is 2.55. The van der Waals surface area contributed by atoms with E-state index >= 15 is 0 Å². The Hall–Kier alpha value is -1.22. The van der Waals surface area contributed by atoms with Gasteiger partial charge in [0.15, 0.2) is 11.5 Å². The summed E-state index contributed by atoms with van der Waals surface area (Å²) in [6.07, 6.45) is 0. The number of benzene rings is 1. The van der Waals surface area contributed by atoms with E-state index in [-0.39, 0.29) is 5.75 Å². The fourth-order valence-corrected chi connectivity index (χ4v) is 1.10. The number of nitrogens with two attached hydrogens (primary N) is 1. The topological polar surface area (TPSA) is 55.5 Å². The molecule has 0 bridgehead atoms. The van der Waals surface area contributed by atoms with E-state index < -0.39 is 0 Å². The summed E-state index contributed by atoms with van der Waals surface area (Å²) in [6.45, 7) is 2.37. The molecular formula is C9H13NO2. The zero-order valence-corrected chi connectivity index (χ0v) is 7.29. The Morgan fingerprint density at radius 3 is 2.67 bits per heavy atom. The van der Waals surface area contributed by atoms with Crippen molar-refractivity contribution in [3.63, 3.8) is 0 Å². The van der Waals surface area contributed by atoms with E-state index in [9.17, 15) is 5.11 Å². The monoisotopic (exact) mass is 167 g/mol. The van der Waals surface area contributed by atoms with Crippen molar-refractivity contribution in [2.24, 2.45) is 5.73 Å². The minimum atomic E-state index is 0.142. The molecule has 0 fully saturated rings. The molecule has 0 radical (unpaired) electrons. The molecule has 3 heteroatoms. The molecule has 1 aromatic carbocycles. The third-order valence-corrected chi connectivity index (χ3v) is 1.86. The van der Waals surface area contributed by atoms with Crippen LogP contribution in [-0.2, 0) is 6.54 Å². The first kappa shape index (κ1) is 8.87. The first-order valence-electron chi connectivity index (χ1n) is 3.75. The van der Waals surface area contributed by atoms with Crippen LogP contribution >= 0.6 is 0 Å². The first-order valence-corrected chi connectivity index (χ1v) is 3.75. The van der Waals surface area contributed by atoms with Crippen molar-refractivity contribution >= 4 is 0 Å². The maximum Gasteiger partial charge on any atom is 0.160 e. The summed E-state index contributed by atoms with van der Waals surface area (Å²) in [5.74, 6) is 0.633. The quantitative estimate of drug-likeness (QED) is 0.695. The highest BCUT2D eigenvalue weighted by Gasteiger charge is 2.04. The Balaban J connectivity index is 3.16. The third kappa shape index (κ3) is 1.51. The highest BCUT2D eigenvalue weighted by atomic mass is 16.5.